The maximum atomic E-state index is 13.6. The molecule has 2 aromatic rings. The lowest BCUT2D eigenvalue weighted by atomic mass is 9.23. The van der Waals surface area contributed by atoms with Crippen LogP contribution in [-0.2, 0) is 33.3 Å². The van der Waals surface area contributed by atoms with Gasteiger partial charge in [0, 0.05) is 55.6 Å². The fourth-order valence-electron chi connectivity index (χ4n) is 5.05. The highest BCUT2D eigenvalue weighted by Crippen LogP contribution is 2.52. The number of likely N-dealkylation sites (N-methyl/N-ethyl adjacent to an activating group) is 1. The van der Waals surface area contributed by atoms with E-state index >= 15 is 0 Å². The number of hydrogen-bond acceptors (Lipinski definition) is 8. The molecule has 2 heterocycles. The third-order valence-corrected chi connectivity index (χ3v) is 7.66. The molecule has 4 N–H and O–H groups in total. The van der Waals surface area contributed by atoms with E-state index in [0.29, 0.717) is 19.8 Å². The predicted octanol–water partition coefficient (Wildman–Crippen LogP) is -1.60. The Morgan fingerprint density at radius 2 is 1.73 bits per heavy atom. The summed E-state index contributed by atoms with van der Waals surface area (Å²) >= 11 is 0. The fourth-order valence-corrected chi connectivity index (χ4v) is 5.05. The van der Waals surface area contributed by atoms with E-state index in [1.54, 1.807) is 18.2 Å². The zero-order chi connectivity index (χ0) is 30.2. The number of anilines is 1. The number of aldehydes is 1. The SMILES string of the molecule is [B]C([B])(C=O)C([B])([B])C([B])(C(=O)NC)N1Cc2c(NC(O)(O)c3cccc(CN4CCOCC4)c3)cccc2C1=O. The summed E-state index contributed by atoms with van der Waals surface area (Å²) in [6.45, 7) is 3.03. The highest BCUT2D eigenvalue weighted by molar-refractivity contribution is 6.63. The van der Waals surface area contributed by atoms with Crippen LogP contribution in [0.5, 0.6) is 0 Å². The van der Waals surface area contributed by atoms with Crippen LogP contribution in [0.15, 0.2) is 42.5 Å². The van der Waals surface area contributed by atoms with Gasteiger partial charge in [-0.25, -0.2) is 0 Å². The Morgan fingerprint density at radius 1 is 1.07 bits per heavy atom. The Morgan fingerprint density at radius 3 is 2.37 bits per heavy atom. The lowest BCUT2D eigenvalue weighted by Gasteiger charge is -2.56. The number of fused-ring (bicyclic) bond motifs is 1. The molecule has 0 bridgehead atoms. The van der Waals surface area contributed by atoms with Gasteiger partial charge in [0.05, 0.1) is 50.0 Å². The second-order valence-corrected chi connectivity index (χ2v) is 10.4. The number of hydrogen-bond donors (Lipinski definition) is 4. The van der Waals surface area contributed by atoms with Crippen molar-refractivity contribution in [2.45, 2.75) is 34.9 Å². The summed E-state index contributed by atoms with van der Waals surface area (Å²) in [5.74, 6) is -4.36. The van der Waals surface area contributed by atoms with Gasteiger partial charge in [-0.1, -0.05) is 34.7 Å². The molecule has 1 atom stereocenters. The van der Waals surface area contributed by atoms with E-state index in [1.165, 1.54) is 25.2 Å². The Balaban J connectivity index is 1.65. The van der Waals surface area contributed by atoms with Gasteiger partial charge < -0.3 is 35.3 Å². The number of ether oxygens (including phenoxy) is 1. The minimum Gasteiger partial charge on any atom is -0.379 e. The maximum Gasteiger partial charge on any atom is 0.272 e. The molecule has 2 aliphatic rings. The quantitative estimate of drug-likeness (QED) is 0.160. The molecule has 0 saturated carbocycles. The van der Waals surface area contributed by atoms with Gasteiger partial charge in [-0.15, -0.1) is 0 Å². The summed E-state index contributed by atoms with van der Waals surface area (Å²) in [6.07, 6.45) is 0.0390. The van der Waals surface area contributed by atoms with Gasteiger partial charge in [0.15, 0.2) is 0 Å². The molecule has 1 unspecified atom stereocenters. The number of amides is 2. The van der Waals surface area contributed by atoms with Gasteiger partial charge in [-0.2, -0.15) is 0 Å². The molecule has 2 aliphatic heterocycles. The Labute approximate surface area is 245 Å². The molecule has 10 radical (unpaired) electrons. The van der Waals surface area contributed by atoms with Gasteiger partial charge in [-0.3, -0.25) is 14.5 Å². The van der Waals surface area contributed by atoms with Crippen LogP contribution in [0.25, 0.3) is 0 Å². The van der Waals surface area contributed by atoms with Crippen molar-refractivity contribution in [2.24, 2.45) is 0 Å². The maximum absolute atomic E-state index is 13.6. The van der Waals surface area contributed by atoms with E-state index in [2.05, 4.69) is 15.5 Å². The lowest BCUT2D eigenvalue weighted by Crippen LogP contribution is -2.69. The number of nitrogens with one attached hydrogen (secondary N) is 2. The van der Waals surface area contributed by atoms with Gasteiger partial charge >= 0.3 is 0 Å². The topological polar surface area (TPSA) is 131 Å². The smallest absolute Gasteiger partial charge is 0.272 e. The highest BCUT2D eigenvalue weighted by atomic mass is 16.5. The molecule has 0 spiro atoms. The van der Waals surface area contributed by atoms with Gasteiger partial charge in [0.1, 0.15) is 14.1 Å². The second kappa shape index (κ2) is 11.4. The average Bonchev–Trinajstić information content (AvgIpc) is 3.30. The zero-order valence-corrected chi connectivity index (χ0v) is 22.7. The predicted molar refractivity (Wildman–Crippen MR) is 156 cm³/mol. The normalized spacial score (nSPS) is 17.9. The molecule has 2 aromatic carbocycles. The molecule has 0 aromatic heterocycles. The first kappa shape index (κ1) is 31.0. The van der Waals surface area contributed by atoms with Crippen LogP contribution in [0.2, 0.25) is 10.4 Å². The molecule has 4 rings (SSSR count). The molecule has 41 heavy (non-hydrogen) atoms. The van der Waals surface area contributed by atoms with Crippen molar-refractivity contribution in [3.8, 4) is 0 Å². The van der Waals surface area contributed by atoms with Crippen molar-refractivity contribution in [1.29, 1.82) is 0 Å². The zero-order valence-electron chi connectivity index (χ0n) is 22.7. The number of carbonyl (C=O) groups excluding carboxylic acids is 3. The third-order valence-electron chi connectivity index (χ3n) is 7.66. The number of morpholine rings is 1. The van der Waals surface area contributed by atoms with Crippen LogP contribution in [0, 0.1) is 0 Å². The first-order valence-corrected chi connectivity index (χ1v) is 12.9. The van der Waals surface area contributed by atoms with Crippen molar-refractivity contribution in [1.82, 2.24) is 15.1 Å². The van der Waals surface area contributed by atoms with Crippen LogP contribution < -0.4 is 10.6 Å². The molecule has 1 fully saturated rings. The van der Waals surface area contributed by atoms with Crippen molar-refractivity contribution in [2.75, 3.05) is 38.7 Å². The van der Waals surface area contributed by atoms with Crippen molar-refractivity contribution >= 4 is 63.0 Å². The van der Waals surface area contributed by atoms with Crippen LogP contribution in [0.4, 0.5) is 5.69 Å². The van der Waals surface area contributed by atoms with Crippen LogP contribution in [0.1, 0.15) is 27.0 Å². The van der Waals surface area contributed by atoms with E-state index in [9.17, 15) is 24.6 Å². The molecule has 1 saturated heterocycles. The summed E-state index contributed by atoms with van der Waals surface area (Å²) in [7, 11) is 31.6. The summed E-state index contributed by atoms with van der Waals surface area (Å²) in [5, 5.41) is 22.0. The Bertz CT molecular complexity index is 1340. The van der Waals surface area contributed by atoms with Crippen molar-refractivity contribution < 1.29 is 29.3 Å². The molecule has 2 amide bonds. The monoisotopic (exact) mass is 546 g/mol. The second-order valence-electron chi connectivity index (χ2n) is 10.4. The number of nitrogens with zero attached hydrogens (tertiary/aromatic N) is 2. The van der Waals surface area contributed by atoms with Gasteiger partial charge in [-0.05, 0) is 23.8 Å². The number of rotatable bonds is 10. The number of aliphatic hydroxyl groups is 2. The van der Waals surface area contributed by atoms with E-state index in [-0.39, 0.29) is 35.2 Å². The molecular formula is C26H27B5N4O6. The first-order chi connectivity index (χ1) is 19.2. The summed E-state index contributed by atoms with van der Waals surface area (Å²) < 4.78 is 5.38. The summed E-state index contributed by atoms with van der Waals surface area (Å²) in [6, 6.07) is 11.3. The van der Waals surface area contributed by atoms with E-state index < -0.39 is 33.6 Å². The third kappa shape index (κ3) is 5.48. The Kier molecular flexibility index (Phi) is 8.58. The fraction of sp³-hybridized carbons (Fsp3) is 0.423. The average molecular weight is 546 g/mol. The van der Waals surface area contributed by atoms with Crippen molar-refractivity contribution in [3.05, 3.63) is 64.7 Å². The van der Waals surface area contributed by atoms with Gasteiger partial charge in [0.25, 0.3) is 11.8 Å². The highest BCUT2D eigenvalue weighted by Gasteiger charge is 2.58. The van der Waals surface area contributed by atoms with Crippen LogP contribution in [-0.4, -0.2) is 116 Å². The number of carbonyl (C=O) groups is 3. The van der Waals surface area contributed by atoms with E-state index in [0.717, 1.165) is 23.6 Å². The molecular weight excluding hydrogens is 518 g/mol. The van der Waals surface area contributed by atoms with Crippen molar-refractivity contribution in [3.63, 3.8) is 0 Å². The Hall–Kier alpha value is -2.99. The molecule has 10 nitrogen and oxygen atoms in total. The van der Waals surface area contributed by atoms with E-state index in [4.69, 9.17) is 44.0 Å². The standard InChI is InChI=1S/C26H27B5N4O6/c1-32-22(38)24(29,26(30,31)23(27,28)15-36)35-14-19-18(21(35)37)6-3-7-20(19)33-25(39,40)17-5-2-4-16(12-17)13-34-8-10-41-11-9-34/h2-7,12,15,33,39-40H,8-11,13-14H2,1H3,(H,32,38). The lowest BCUT2D eigenvalue weighted by molar-refractivity contribution is -0.143. The van der Waals surface area contributed by atoms with Crippen LogP contribution in [0.3, 0.4) is 0 Å². The minimum atomic E-state index is -2.65. The van der Waals surface area contributed by atoms with E-state index in [1.807, 2.05) is 6.07 Å². The first-order valence-electron chi connectivity index (χ1n) is 12.9. The number of benzene rings is 2. The minimum absolute atomic E-state index is 0.0390. The summed E-state index contributed by atoms with van der Waals surface area (Å²) in [5.41, 5.74) is -1.10. The summed E-state index contributed by atoms with van der Waals surface area (Å²) in [4.78, 5) is 41.3. The van der Waals surface area contributed by atoms with Crippen LogP contribution >= 0.6 is 0 Å². The van der Waals surface area contributed by atoms with Gasteiger partial charge in [0.2, 0.25) is 5.91 Å². The largest absolute Gasteiger partial charge is 0.379 e. The molecule has 0 aliphatic carbocycles. The molecule has 202 valence electrons. The molecule has 15 heteroatoms.